The second-order valence-corrected chi connectivity index (χ2v) is 6.28. The molecule has 1 aromatic carbocycles. The van der Waals surface area contributed by atoms with Crippen molar-refractivity contribution in [3.05, 3.63) is 59.4 Å². The summed E-state index contributed by atoms with van der Waals surface area (Å²) in [6, 6.07) is 6.26. The number of hydrogen-bond acceptors (Lipinski definition) is 6. The van der Waals surface area contributed by atoms with Gasteiger partial charge in [-0.25, -0.2) is 9.97 Å². The van der Waals surface area contributed by atoms with E-state index >= 15 is 0 Å². The number of aromatic nitrogens is 4. The molecule has 0 bridgehead atoms. The summed E-state index contributed by atoms with van der Waals surface area (Å²) in [5, 5.41) is 19.1. The third-order valence-corrected chi connectivity index (χ3v) is 4.43. The van der Waals surface area contributed by atoms with E-state index in [2.05, 4.69) is 25.5 Å². The number of oxazole rings is 1. The Morgan fingerprint density at radius 1 is 1.30 bits per heavy atom. The van der Waals surface area contributed by atoms with Gasteiger partial charge in [0.25, 0.3) is 5.91 Å². The number of hydrogen-bond donors (Lipinski definition) is 2. The summed E-state index contributed by atoms with van der Waals surface area (Å²) in [5.41, 5.74) is -1.24. The van der Waals surface area contributed by atoms with Crippen LogP contribution in [-0.4, -0.2) is 26.1 Å². The van der Waals surface area contributed by atoms with E-state index in [4.69, 9.17) is 9.68 Å². The normalized spacial score (nSPS) is 11.4. The lowest BCUT2D eigenvalue weighted by molar-refractivity contribution is -0.138. The van der Waals surface area contributed by atoms with Crippen molar-refractivity contribution in [1.29, 1.82) is 5.26 Å². The molecule has 8 nitrogen and oxygen atoms in total. The number of amides is 1. The summed E-state index contributed by atoms with van der Waals surface area (Å²) in [6.07, 6.45) is -1.33. The molecule has 0 spiro atoms. The molecule has 4 rings (SSSR count). The van der Waals surface area contributed by atoms with E-state index in [1.165, 1.54) is 18.7 Å². The van der Waals surface area contributed by atoms with E-state index < -0.39 is 34.5 Å². The molecule has 0 aliphatic carbocycles. The molecule has 0 aliphatic heterocycles. The van der Waals surface area contributed by atoms with Crippen molar-refractivity contribution >= 4 is 22.5 Å². The predicted octanol–water partition coefficient (Wildman–Crippen LogP) is 4.06. The van der Waals surface area contributed by atoms with Gasteiger partial charge in [-0.1, -0.05) is 0 Å². The van der Waals surface area contributed by atoms with Crippen molar-refractivity contribution in [2.24, 2.45) is 0 Å². The van der Waals surface area contributed by atoms with Gasteiger partial charge in [0.05, 0.1) is 22.8 Å². The molecule has 0 radical (unpaired) electrons. The molecule has 0 fully saturated rings. The Morgan fingerprint density at radius 3 is 2.77 bits per heavy atom. The highest BCUT2D eigenvalue weighted by atomic mass is 19.4. The number of carbonyl (C=O) groups is 1. The average molecular weight is 412 g/mol. The number of nitrogens with zero attached hydrogens (tertiary/aromatic N) is 4. The summed E-state index contributed by atoms with van der Waals surface area (Å²) < 4.78 is 45.3. The molecule has 30 heavy (non-hydrogen) atoms. The van der Waals surface area contributed by atoms with Crippen LogP contribution < -0.4 is 5.32 Å². The lowest BCUT2D eigenvalue weighted by Crippen LogP contribution is -2.20. The van der Waals surface area contributed by atoms with Crippen LogP contribution in [0.1, 0.15) is 27.2 Å². The topological polar surface area (TPSA) is 120 Å². The fourth-order valence-corrected chi connectivity index (χ4v) is 3.09. The Kier molecular flexibility index (Phi) is 4.46. The Hall–Kier alpha value is -4.20. The van der Waals surface area contributed by atoms with Gasteiger partial charge >= 0.3 is 6.18 Å². The zero-order valence-electron chi connectivity index (χ0n) is 15.2. The molecule has 0 saturated heterocycles. The van der Waals surface area contributed by atoms with Crippen molar-refractivity contribution in [1.82, 2.24) is 20.2 Å². The van der Waals surface area contributed by atoms with Gasteiger partial charge in [-0.15, -0.1) is 0 Å². The number of carbonyl (C=O) groups excluding carboxylic acids is 1. The first kappa shape index (κ1) is 19.1. The molecule has 3 heterocycles. The number of halogens is 3. The van der Waals surface area contributed by atoms with Crippen molar-refractivity contribution in [3.63, 3.8) is 0 Å². The van der Waals surface area contributed by atoms with Crippen LogP contribution in [0.5, 0.6) is 0 Å². The molecule has 0 atom stereocenters. The second kappa shape index (κ2) is 7.00. The van der Waals surface area contributed by atoms with E-state index in [9.17, 15) is 18.0 Å². The van der Waals surface area contributed by atoms with Gasteiger partial charge in [0.2, 0.25) is 0 Å². The minimum Gasteiger partial charge on any atom is -0.442 e. The fourth-order valence-electron chi connectivity index (χ4n) is 3.09. The van der Waals surface area contributed by atoms with Gasteiger partial charge in [0.15, 0.2) is 12.2 Å². The van der Waals surface area contributed by atoms with E-state index in [0.717, 1.165) is 13.1 Å². The number of pyridine rings is 1. The van der Waals surface area contributed by atoms with Crippen molar-refractivity contribution in [2.75, 3.05) is 5.32 Å². The van der Waals surface area contributed by atoms with Gasteiger partial charge in [-0.05, 0) is 30.7 Å². The lowest BCUT2D eigenvalue weighted by atomic mass is 10.0. The van der Waals surface area contributed by atoms with E-state index in [1.54, 1.807) is 18.2 Å². The first-order valence-electron chi connectivity index (χ1n) is 8.45. The SMILES string of the molecule is Cc1c(C(=O)Nc2ccc3[nH]nc(-c4cnco4)c3c2)ncc(C#N)c1C(F)(F)F. The molecule has 0 unspecified atom stereocenters. The standard InChI is InChI=1S/C19H11F3N6O2/c1-9-15(19(20,21)22)10(5-23)6-25-16(9)18(29)26-11-2-3-13-12(4-11)17(28-27-13)14-7-24-8-30-14/h2-4,6-8H,1H3,(H,26,29)(H,27,28). The highest BCUT2D eigenvalue weighted by molar-refractivity contribution is 6.05. The second-order valence-electron chi connectivity index (χ2n) is 6.28. The number of H-pyrrole nitrogens is 1. The van der Waals surface area contributed by atoms with Crippen LogP contribution in [-0.2, 0) is 6.18 Å². The van der Waals surface area contributed by atoms with E-state index in [1.807, 2.05) is 0 Å². The van der Waals surface area contributed by atoms with Gasteiger partial charge in [-0.2, -0.15) is 23.5 Å². The Morgan fingerprint density at radius 2 is 2.10 bits per heavy atom. The highest BCUT2D eigenvalue weighted by Gasteiger charge is 2.37. The fraction of sp³-hybridized carbons (Fsp3) is 0.105. The molecule has 0 saturated carbocycles. The quantitative estimate of drug-likeness (QED) is 0.523. The number of alkyl halides is 3. The maximum atomic E-state index is 13.3. The Balaban J connectivity index is 1.70. The van der Waals surface area contributed by atoms with Gasteiger partial charge in [-0.3, -0.25) is 9.89 Å². The van der Waals surface area contributed by atoms with Crippen LogP contribution in [0, 0.1) is 18.3 Å². The van der Waals surface area contributed by atoms with E-state index in [0.29, 0.717) is 28.0 Å². The number of nitriles is 1. The molecule has 2 N–H and O–H groups in total. The molecule has 0 aliphatic rings. The third kappa shape index (κ3) is 3.24. The average Bonchev–Trinajstić information content (AvgIpc) is 3.35. The predicted molar refractivity (Wildman–Crippen MR) is 98.2 cm³/mol. The summed E-state index contributed by atoms with van der Waals surface area (Å²) in [4.78, 5) is 20.2. The number of anilines is 1. The van der Waals surface area contributed by atoms with Crippen LogP contribution in [0.25, 0.3) is 22.4 Å². The smallest absolute Gasteiger partial charge is 0.418 e. The van der Waals surface area contributed by atoms with Crippen molar-refractivity contribution in [2.45, 2.75) is 13.1 Å². The number of fused-ring (bicyclic) bond motifs is 1. The molecular weight excluding hydrogens is 401 g/mol. The maximum Gasteiger partial charge on any atom is 0.418 e. The molecule has 3 aromatic heterocycles. The lowest BCUT2D eigenvalue weighted by Gasteiger charge is -2.14. The monoisotopic (exact) mass is 412 g/mol. The molecule has 1 amide bonds. The van der Waals surface area contributed by atoms with Crippen LogP contribution in [0.15, 0.2) is 41.4 Å². The van der Waals surface area contributed by atoms with Crippen LogP contribution in [0.2, 0.25) is 0 Å². The number of rotatable bonds is 3. The first-order chi connectivity index (χ1) is 14.3. The zero-order valence-corrected chi connectivity index (χ0v) is 15.2. The summed E-state index contributed by atoms with van der Waals surface area (Å²) in [7, 11) is 0. The van der Waals surface area contributed by atoms with Gasteiger partial charge < -0.3 is 9.73 Å². The molecule has 4 aromatic rings. The third-order valence-electron chi connectivity index (χ3n) is 4.43. The van der Waals surface area contributed by atoms with Crippen LogP contribution in [0.3, 0.4) is 0 Å². The number of nitrogens with one attached hydrogen (secondary N) is 2. The Bertz CT molecular complexity index is 1300. The summed E-state index contributed by atoms with van der Waals surface area (Å²) >= 11 is 0. The number of benzene rings is 1. The minimum absolute atomic E-state index is 0.314. The number of aromatic amines is 1. The van der Waals surface area contributed by atoms with Crippen molar-refractivity contribution in [3.8, 4) is 17.5 Å². The van der Waals surface area contributed by atoms with Crippen LogP contribution >= 0.6 is 0 Å². The first-order valence-corrected chi connectivity index (χ1v) is 8.45. The largest absolute Gasteiger partial charge is 0.442 e. The van der Waals surface area contributed by atoms with Gasteiger partial charge in [0, 0.05) is 17.3 Å². The zero-order chi connectivity index (χ0) is 21.5. The molecular formula is C19H11F3N6O2. The van der Waals surface area contributed by atoms with Crippen LogP contribution in [0.4, 0.5) is 18.9 Å². The summed E-state index contributed by atoms with van der Waals surface area (Å²) in [5.74, 6) is -0.435. The van der Waals surface area contributed by atoms with E-state index in [-0.39, 0.29) is 0 Å². The van der Waals surface area contributed by atoms with Gasteiger partial charge in [0.1, 0.15) is 17.5 Å². The highest BCUT2D eigenvalue weighted by Crippen LogP contribution is 2.35. The molecule has 150 valence electrons. The minimum atomic E-state index is -4.80. The maximum absolute atomic E-state index is 13.3. The Labute approximate surface area is 166 Å². The molecule has 11 heteroatoms. The summed E-state index contributed by atoms with van der Waals surface area (Å²) in [6.45, 7) is 1.10. The van der Waals surface area contributed by atoms with Crippen molar-refractivity contribution < 1.29 is 22.4 Å².